The second-order valence-corrected chi connectivity index (χ2v) is 6.53. The number of benzene rings is 2. The Kier molecular flexibility index (Phi) is 5.73. The van der Waals surface area contributed by atoms with Gasteiger partial charge in [-0.2, -0.15) is 0 Å². The Morgan fingerprint density at radius 3 is 2.56 bits per heavy atom. The van der Waals surface area contributed by atoms with E-state index in [1.165, 1.54) is 11.8 Å². The fourth-order valence-electron chi connectivity index (χ4n) is 2.17. The van der Waals surface area contributed by atoms with Crippen LogP contribution >= 0.6 is 23.4 Å². The first kappa shape index (κ1) is 17.5. The van der Waals surface area contributed by atoms with Crippen LogP contribution in [0.25, 0.3) is 11.5 Å². The fourth-order valence-corrected chi connectivity index (χ4v) is 3.17. The molecule has 0 aliphatic rings. The Morgan fingerprint density at radius 1 is 1.16 bits per heavy atom. The van der Waals surface area contributed by atoms with E-state index in [1.807, 2.05) is 30.3 Å². The molecule has 0 radical (unpaired) electrons. The molecule has 7 heteroatoms. The molecule has 0 saturated heterocycles. The SMILES string of the molecule is CCOC(=O)[C@H](Sc1nnc(-c2ccc(Cl)cc2)o1)c1ccccc1. The van der Waals surface area contributed by atoms with E-state index in [2.05, 4.69) is 10.2 Å². The summed E-state index contributed by atoms with van der Waals surface area (Å²) in [6, 6.07) is 16.5. The van der Waals surface area contributed by atoms with Crippen molar-refractivity contribution in [2.45, 2.75) is 17.4 Å². The minimum Gasteiger partial charge on any atom is -0.465 e. The maximum Gasteiger partial charge on any atom is 0.324 e. The largest absolute Gasteiger partial charge is 0.465 e. The zero-order chi connectivity index (χ0) is 17.6. The predicted octanol–water partition coefficient (Wildman–Crippen LogP) is 4.79. The maximum absolute atomic E-state index is 12.3. The molecule has 0 bridgehead atoms. The standard InChI is InChI=1S/C18H15ClN2O3S/c1-2-23-17(22)15(12-6-4-3-5-7-12)25-18-21-20-16(24-18)13-8-10-14(19)11-9-13/h3-11,15H,2H2,1H3/t15-/m1/s1. The van der Waals surface area contributed by atoms with Crippen molar-refractivity contribution in [3.63, 3.8) is 0 Å². The second kappa shape index (κ2) is 8.18. The molecule has 0 N–H and O–H groups in total. The minimum absolute atomic E-state index is 0.298. The van der Waals surface area contributed by atoms with Gasteiger partial charge < -0.3 is 9.15 Å². The number of hydrogen-bond acceptors (Lipinski definition) is 6. The minimum atomic E-state index is -0.570. The van der Waals surface area contributed by atoms with Crippen LogP contribution in [-0.2, 0) is 9.53 Å². The number of hydrogen-bond donors (Lipinski definition) is 0. The van der Waals surface area contributed by atoms with Crippen molar-refractivity contribution >= 4 is 29.3 Å². The van der Waals surface area contributed by atoms with Crippen LogP contribution < -0.4 is 0 Å². The summed E-state index contributed by atoms with van der Waals surface area (Å²) in [4.78, 5) is 12.3. The molecule has 128 valence electrons. The highest BCUT2D eigenvalue weighted by molar-refractivity contribution is 8.00. The molecular weight excluding hydrogens is 360 g/mol. The fraction of sp³-hybridized carbons (Fsp3) is 0.167. The highest BCUT2D eigenvalue weighted by Crippen LogP contribution is 2.36. The lowest BCUT2D eigenvalue weighted by Gasteiger charge is -2.13. The van der Waals surface area contributed by atoms with Gasteiger partial charge in [-0.1, -0.05) is 41.9 Å². The number of carbonyl (C=O) groups is 1. The number of carbonyl (C=O) groups excluding carboxylic acids is 1. The molecule has 25 heavy (non-hydrogen) atoms. The number of thioether (sulfide) groups is 1. The Bertz CT molecular complexity index is 837. The van der Waals surface area contributed by atoms with Gasteiger partial charge >= 0.3 is 5.97 Å². The van der Waals surface area contributed by atoms with Gasteiger partial charge in [0.25, 0.3) is 5.22 Å². The third kappa shape index (κ3) is 4.41. The molecule has 2 aromatic carbocycles. The van der Waals surface area contributed by atoms with Gasteiger partial charge in [0.1, 0.15) is 5.25 Å². The first-order valence-corrected chi connectivity index (χ1v) is 8.91. The molecule has 1 aromatic heterocycles. The summed E-state index contributed by atoms with van der Waals surface area (Å²) in [7, 11) is 0. The van der Waals surface area contributed by atoms with Gasteiger partial charge in [0, 0.05) is 10.6 Å². The van der Waals surface area contributed by atoms with Crippen LogP contribution in [0.15, 0.2) is 64.2 Å². The Balaban J connectivity index is 1.82. The van der Waals surface area contributed by atoms with E-state index in [4.69, 9.17) is 20.8 Å². The molecule has 0 aliphatic heterocycles. The van der Waals surface area contributed by atoms with Gasteiger partial charge in [0.15, 0.2) is 0 Å². The highest BCUT2D eigenvalue weighted by atomic mass is 35.5. The van der Waals surface area contributed by atoms with Crippen LogP contribution in [0.5, 0.6) is 0 Å². The Hall–Kier alpha value is -2.31. The van der Waals surface area contributed by atoms with Crippen molar-refractivity contribution in [1.29, 1.82) is 0 Å². The zero-order valence-electron chi connectivity index (χ0n) is 13.4. The lowest BCUT2D eigenvalue weighted by molar-refractivity contribution is -0.142. The Morgan fingerprint density at radius 2 is 1.88 bits per heavy atom. The van der Waals surface area contributed by atoms with E-state index < -0.39 is 5.25 Å². The predicted molar refractivity (Wildman–Crippen MR) is 96.4 cm³/mol. The average molecular weight is 375 g/mol. The third-order valence-electron chi connectivity index (χ3n) is 3.32. The monoisotopic (exact) mass is 374 g/mol. The van der Waals surface area contributed by atoms with Crippen molar-refractivity contribution in [1.82, 2.24) is 10.2 Å². The van der Waals surface area contributed by atoms with Crippen LogP contribution in [-0.4, -0.2) is 22.8 Å². The molecule has 1 heterocycles. The summed E-state index contributed by atoms with van der Waals surface area (Å²) in [5.74, 6) is 0.0276. The van der Waals surface area contributed by atoms with E-state index in [0.717, 1.165) is 11.1 Å². The number of rotatable bonds is 6. The van der Waals surface area contributed by atoms with Gasteiger partial charge in [0.05, 0.1) is 6.61 Å². The number of aromatic nitrogens is 2. The second-order valence-electron chi connectivity index (χ2n) is 5.04. The quantitative estimate of drug-likeness (QED) is 0.456. The molecular formula is C18H15ClN2O3S. The molecule has 0 saturated carbocycles. The first-order chi connectivity index (χ1) is 12.2. The first-order valence-electron chi connectivity index (χ1n) is 7.65. The van der Waals surface area contributed by atoms with Gasteiger partial charge in [-0.05, 0) is 48.5 Å². The van der Waals surface area contributed by atoms with Crippen molar-refractivity contribution in [3.05, 3.63) is 65.2 Å². The van der Waals surface area contributed by atoms with Gasteiger partial charge in [-0.15, -0.1) is 10.2 Å². The van der Waals surface area contributed by atoms with Gasteiger partial charge in [0.2, 0.25) is 5.89 Å². The average Bonchev–Trinajstić information content (AvgIpc) is 3.10. The van der Waals surface area contributed by atoms with Gasteiger partial charge in [-0.3, -0.25) is 4.79 Å². The molecule has 0 amide bonds. The summed E-state index contributed by atoms with van der Waals surface area (Å²) < 4.78 is 10.9. The van der Waals surface area contributed by atoms with Gasteiger partial charge in [-0.25, -0.2) is 0 Å². The normalized spacial score (nSPS) is 11.9. The summed E-state index contributed by atoms with van der Waals surface area (Å²) in [5.41, 5.74) is 1.58. The summed E-state index contributed by atoms with van der Waals surface area (Å²) >= 11 is 7.05. The van der Waals surface area contributed by atoms with Crippen LogP contribution in [0.2, 0.25) is 5.02 Å². The summed E-state index contributed by atoms with van der Waals surface area (Å²) in [5, 5.41) is 8.42. The van der Waals surface area contributed by atoms with Crippen LogP contribution in [0.4, 0.5) is 0 Å². The zero-order valence-corrected chi connectivity index (χ0v) is 15.0. The van der Waals surface area contributed by atoms with Crippen molar-refractivity contribution in [2.75, 3.05) is 6.61 Å². The summed E-state index contributed by atoms with van der Waals surface area (Å²) in [6.45, 7) is 2.08. The highest BCUT2D eigenvalue weighted by Gasteiger charge is 2.26. The van der Waals surface area contributed by atoms with Crippen molar-refractivity contribution < 1.29 is 13.9 Å². The number of esters is 1. The number of nitrogens with zero attached hydrogens (tertiary/aromatic N) is 2. The third-order valence-corrected chi connectivity index (χ3v) is 4.64. The molecule has 0 unspecified atom stereocenters. The van der Waals surface area contributed by atoms with Crippen LogP contribution in [0, 0.1) is 0 Å². The van der Waals surface area contributed by atoms with Crippen LogP contribution in [0.1, 0.15) is 17.7 Å². The molecule has 3 aromatic rings. The molecule has 0 aliphatic carbocycles. The molecule has 1 atom stereocenters. The lowest BCUT2D eigenvalue weighted by Crippen LogP contribution is -2.13. The topological polar surface area (TPSA) is 65.2 Å². The molecule has 0 spiro atoms. The van der Waals surface area contributed by atoms with E-state index in [0.29, 0.717) is 22.7 Å². The van der Waals surface area contributed by atoms with E-state index in [-0.39, 0.29) is 5.97 Å². The number of halogens is 1. The molecule has 3 rings (SSSR count). The van der Waals surface area contributed by atoms with E-state index in [9.17, 15) is 4.79 Å². The summed E-state index contributed by atoms with van der Waals surface area (Å²) in [6.07, 6.45) is 0. The van der Waals surface area contributed by atoms with Crippen molar-refractivity contribution in [2.24, 2.45) is 0 Å². The van der Waals surface area contributed by atoms with E-state index in [1.54, 1.807) is 31.2 Å². The molecule has 0 fully saturated rings. The number of ether oxygens (including phenoxy) is 1. The maximum atomic E-state index is 12.3. The smallest absolute Gasteiger partial charge is 0.324 e. The van der Waals surface area contributed by atoms with Crippen LogP contribution in [0.3, 0.4) is 0 Å². The van der Waals surface area contributed by atoms with E-state index >= 15 is 0 Å². The van der Waals surface area contributed by atoms with Crippen molar-refractivity contribution in [3.8, 4) is 11.5 Å². The molecule has 5 nitrogen and oxygen atoms in total. The lowest BCUT2D eigenvalue weighted by atomic mass is 10.1. The Labute approximate surface area is 154 Å².